The molecule has 2 aliphatic rings. The molecule has 2 unspecified atom stereocenters. The standard InChI is InChI=1S/C28H26N2O5S/c1-16-25(28(33)35-15-24-29-10-11-36-24)26(17-6-5-7-19(31)12-17)27-21(30-16)13-18(14-22(27)32)20-8-3-4-9-23(20)34-2/h3-12,18,26,30-31H,13-15H2,1-2H3. The maximum Gasteiger partial charge on any atom is 0.337 e. The molecule has 2 atom stereocenters. The molecule has 36 heavy (non-hydrogen) atoms. The van der Waals surface area contributed by atoms with Gasteiger partial charge in [-0.3, -0.25) is 4.79 Å². The highest BCUT2D eigenvalue weighted by Crippen LogP contribution is 2.47. The number of benzene rings is 2. The van der Waals surface area contributed by atoms with E-state index in [-0.39, 0.29) is 30.5 Å². The van der Waals surface area contributed by atoms with Crippen molar-refractivity contribution in [3.05, 3.63) is 98.8 Å². The van der Waals surface area contributed by atoms with Gasteiger partial charge >= 0.3 is 5.97 Å². The van der Waals surface area contributed by atoms with Crippen molar-refractivity contribution in [2.45, 2.75) is 38.2 Å². The van der Waals surface area contributed by atoms with Crippen LogP contribution in [0.2, 0.25) is 0 Å². The number of thiazole rings is 1. The number of hydrogen-bond donors (Lipinski definition) is 2. The highest BCUT2D eigenvalue weighted by Gasteiger charge is 2.42. The number of aromatic hydroxyl groups is 1. The number of dihydropyridines is 1. The lowest BCUT2D eigenvalue weighted by atomic mass is 9.71. The zero-order valence-electron chi connectivity index (χ0n) is 20.0. The summed E-state index contributed by atoms with van der Waals surface area (Å²) in [5.74, 6) is -0.463. The fraction of sp³-hybridized carbons (Fsp3) is 0.250. The lowest BCUT2D eigenvalue weighted by Crippen LogP contribution is -2.36. The number of Topliss-reactive ketones (excluding diaryl/α,β-unsaturated/α-hetero) is 1. The third-order valence-corrected chi connectivity index (χ3v) is 7.39. The van der Waals surface area contributed by atoms with Gasteiger partial charge in [0.1, 0.15) is 23.1 Å². The van der Waals surface area contributed by atoms with Crippen LogP contribution in [0.3, 0.4) is 0 Å². The van der Waals surface area contributed by atoms with Gasteiger partial charge in [-0.2, -0.15) is 0 Å². The smallest absolute Gasteiger partial charge is 0.337 e. The first-order chi connectivity index (χ1) is 17.5. The summed E-state index contributed by atoms with van der Waals surface area (Å²) >= 11 is 1.40. The van der Waals surface area contributed by atoms with Gasteiger partial charge in [-0.15, -0.1) is 11.3 Å². The molecule has 0 saturated carbocycles. The second-order valence-corrected chi connectivity index (χ2v) is 9.84. The Kier molecular flexibility index (Phi) is 6.61. The number of methoxy groups -OCH3 is 1. The van der Waals surface area contributed by atoms with E-state index in [1.165, 1.54) is 11.3 Å². The summed E-state index contributed by atoms with van der Waals surface area (Å²) < 4.78 is 11.2. The number of phenolic OH excluding ortho intramolecular Hbond substituents is 1. The molecule has 0 radical (unpaired) electrons. The fourth-order valence-corrected chi connectivity index (χ4v) is 5.63. The molecule has 0 fully saturated rings. The summed E-state index contributed by atoms with van der Waals surface area (Å²) in [5.41, 5.74) is 3.95. The summed E-state index contributed by atoms with van der Waals surface area (Å²) in [5, 5.41) is 16.1. The molecule has 1 aliphatic heterocycles. The van der Waals surface area contributed by atoms with Gasteiger partial charge in [0.2, 0.25) is 0 Å². The molecule has 7 nitrogen and oxygen atoms in total. The van der Waals surface area contributed by atoms with E-state index in [1.807, 2.05) is 42.6 Å². The van der Waals surface area contributed by atoms with E-state index < -0.39 is 11.9 Å². The molecule has 2 heterocycles. The number of nitrogens with zero attached hydrogens (tertiary/aromatic N) is 1. The van der Waals surface area contributed by atoms with Gasteiger partial charge in [-0.05, 0) is 42.7 Å². The molecular weight excluding hydrogens is 476 g/mol. The summed E-state index contributed by atoms with van der Waals surface area (Å²) in [7, 11) is 1.63. The van der Waals surface area contributed by atoms with Crippen molar-refractivity contribution in [3.8, 4) is 11.5 Å². The van der Waals surface area contributed by atoms with Crippen LogP contribution in [0.15, 0.2) is 82.6 Å². The Morgan fingerprint density at radius 3 is 2.78 bits per heavy atom. The van der Waals surface area contributed by atoms with Crippen LogP contribution in [-0.4, -0.2) is 29.0 Å². The molecule has 8 heteroatoms. The number of carbonyl (C=O) groups excluding carboxylic acids is 2. The van der Waals surface area contributed by atoms with Gasteiger partial charge in [0.25, 0.3) is 0 Å². The number of nitrogens with one attached hydrogen (secondary N) is 1. The van der Waals surface area contributed by atoms with E-state index in [1.54, 1.807) is 31.5 Å². The lowest BCUT2D eigenvalue weighted by Gasteiger charge is -2.37. The topological polar surface area (TPSA) is 97.8 Å². The van der Waals surface area contributed by atoms with Gasteiger partial charge < -0.3 is 19.9 Å². The lowest BCUT2D eigenvalue weighted by molar-refractivity contribution is -0.140. The molecule has 5 rings (SSSR count). The van der Waals surface area contributed by atoms with Gasteiger partial charge in [0.05, 0.1) is 12.7 Å². The monoisotopic (exact) mass is 502 g/mol. The SMILES string of the molecule is COc1ccccc1C1CC(=O)C2=C(C1)NC(C)=C(C(=O)OCc1nccs1)C2c1cccc(O)c1. The summed E-state index contributed by atoms with van der Waals surface area (Å²) in [6, 6.07) is 14.4. The van der Waals surface area contributed by atoms with Gasteiger partial charge in [0, 0.05) is 46.8 Å². The Morgan fingerprint density at radius 1 is 1.19 bits per heavy atom. The number of phenols is 1. The normalized spacial score (nSPS) is 19.6. The minimum Gasteiger partial charge on any atom is -0.508 e. The van der Waals surface area contributed by atoms with Crippen LogP contribution in [0, 0.1) is 0 Å². The number of aromatic nitrogens is 1. The quantitative estimate of drug-likeness (QED) is 0.460. The number of hydrogen-bond acceptors (Lipinski definition) is 8. The number of carbonyl (C=O) groups is 2. The van der Waals surface area contributed by atoms with Crippen molar-refractivity contribution in [1.82, 2.24) is 10.3 Å². The first kappa shape index (κ1) is 23.8. The van der Waals surface area contributed by atoms with E-state index in [2.05, 4.69) is 10.3 Å². The average molecular weight is 503 g/mol. The Bertz CT molecular complexity index is 1380. The molecule has 2 N–H and O–H groups in total. The highest BCUT2D eigenvalue weighted by molar-refractivity contribution is 7.09. The average Bonchev–Trinajstić information content (AvgIpc) is 3.40. The van der Waals surface area contributed by atoms with E-state index in [0.29, 0.717) is 33.8 Å². The van der Waals surface area contributed by atoms with E-state index in [9.17, 15) is 14.7 Å². The van der Waals surface area contributed by atoms with Crippen molar-refractivity contribution in [3.63, 3.8) is 0 Å². The molecule has 0 bridgehead atoms. The van der Waals surface area contributed by atoms with Crippen LogP contribution in [0.25, 0.3) is 0 Å². The number of rotatable bonds is 6. The third kappa shape index (κ3) is 4.52. The van der Waals surface area contributed by atoms with Crippen molar-refractivity contribution < 1.29 is 24.2 Å². The van der Waals surface area contributed by atoms with Crippen LogP contribution in [0.5, 0.6) is 11.5 Å². The minimum absolute atomic E-state index is 0.0503. The number of esters is 1. The number of ketones is 1. The summed E-state index contributed by atoms with van der Waals surface area (Å²) in [4.78, 5) is 31.3. The summed E-state index contributed by atoms with van der Waals surface area (Å²) in [6.45, 7) is 1.87. The minimum atomic E-state index is -0.650. The Balaban J connectivity index is 1.54. The third-order valence-electron chi connectivity index (χ3n) is 6.64. The van der Waals surface area contributed by atoms with E-state index in [0.717, 1.165) is 17.0 Å². The van der Waals surface area contributed by atoms with Gasteiger partial charge in [-0.25, -0.2) is 9.78 Å². The molecule has 0 spiro atoms. The fourth-order valence-electron chi connectivity index (χ4n) is 5.10. The first-order valence-electron chi connectivity index (χ1n) is 11.7. The molecule has 0 amide bonds. The molecule has 184 valence electrons. The van der Waals surface area contributed by atoms with Crippen LogP contribution >= 0.6 is 11.3 Å². The first-order valence-corrected chi connectivity index (χ1v) is 12.6. The van der Waals surface area contributed by atoms with Gasteiger partial charge in [0.15, 0.2) is 5.78 Å². The Hall–Kier alpha value is -3.91. The molecule has 1 aromatic heterocycles. The van der Waals surface area contributed by atoms with E-state index >= 15 is 0 Å². The molecule has 0 saturated heterocycles. The Morgan fingerprint density at radius 2 is 2.03 bits per heavy atom. The van der Waals surface area contributed by atoms with Crippen LogP contribution in [0.1, 0.15) is 47.7 Å². The molecule has 1 aliphatic carbocycles. The summed E-state index contributed by atoms with van der Waals surface area (Å²) in [6.07, 6.45) is 2.54. The van der Waals surface area contributed by atoms with E-state index in [4.69, 9.17) is 9.47 Å². The van der Waals surface area contributed by atoms with Crippen LogP contribution in [0.4, 0.5) is 0 Å². The second-order valence-electron chi connectivity index (χ2n) is 8.86. The molecular formula is C28H26N2O5S. The van der Waals surface area contributed by atoms with Gasteiger partial charge in [-0.1, -0.05) is 30.3 Å². The predicted molar refractivity (Wildman–Crippen MR) is 136 cm³/mol. The van der Waals surface area contributed by atoms with Crippen molar-refractivity contribution >= 4 is 23.1 Å². The second kappa shape index (κ2) is 9.99. The zero-order chi connectivity index (χ0) is 25.2. The largest absolute Gasteiger partial charge is 0.508 e. The molecule has 2 aromatic carbocycles. The van der Waals surface area contributed by atoms with Crippen molar-refractivity contribution in [2.24, 2.45) is 0 Å². The Labute approximate surface area is 213 Å². The highest BCUT2D eigenvalue weighted by atomic mass is 32.1. The van der Waals surface area contributed by atoms with Crippen LogP contribution < -0.4 is 10.1 Å². The molecule has 3 aromatic rings. The number of allylic oxidation sites excluding steroid dienone is 3. The van der Waals surface area contributed by atoms with Crippen LogP contribution in [-0.2, 0) is 20.9 Å². The number of ether oxygens (including phenoxy) is 2. The zero-order valence-corrected chi connectivity index (χ0v) is 20.8. The predicted octanol–water partition coefficient (Wildman–Crippen LogP) is 4.96. The van der Waals surface area contributed by atoms with Crippen molar-refractivity contribution in [2.75, 3.05) is 7.11 Å². The van der Waals surface area contributed by atoms with Crippen molar-refractivity contribution in [1.29, 1.82) is 0 Å². The number of para-hydroxylation sites is 1. The maximum atomic E-state index is 13.7. The maximum absolute atomic E-state index is 13.7.